The minimum atomic E-state index is -0.543. The molecule has 0 spiro atoms. The Labute approximate surface area is 183 Å². The lowest BCUT2D eigenvalue weighted by molar-refractivity contribution is 0.0430. The highest BCUT2D eigenvalue weighted by atomic mass is 16.6. The van der Waals surface area contributed by atoms with Gasteiger partial charge in [-0.1, -0.05) is 41.4 Å². The molecule has 0 saturated carbocycles. The van der Waals surface area contributed by atoms with Crippen LogP contribution in [0.3, 0.4) is 0 Å². The van der Waals surface area contributed by atoms with Crippen LogP contribution in [0.2, 0.25) is 0 Å². The monoisotopic (exact) mass is 430 g/mol. The molecule has 32 heavy (non-hydrogen) atoms. The summed E-state index contributed by atoms with van der Waals surface area (Å²) in [5.41, 5.74) is 2.73. The van der Waals surface area contributed by atoms with Gasteiger partial charge in [0.25, 0.3) is 11.4 Å². The van der Waals surface area contributed by atoms with Gasteiger partial charge in [-0.15, -0.1) is 0 Å². The van der Waals surface area contributed by atoms with Gasteiger partial charge in [-0.3, -0.25) is 9.36 Å². The molecule has 0 aliphatic carbocycles. The fourth-order valence-electron chi connectivity index (χ4n) is 3.89. The van der Waals surface area contributed by atoms with E-state index in [2.05, 4.69) is 15.1 Å². The number of fused-ring (bicyclic) bond motifs is 2. The van der Waals surface area contributed by atoms with Crippen LogP contribution in [0.5, 0.6) is 0 Å². The maximum absolute atomic E-state index is 12.8. The van der Waals surface area contributed by atoms with Crippen LogP contribution in [0, 0.1) is 6.92 Å². The van der Waals surface area contributed by atoms with E-state index in [9.17, 15) is 9.59 Å². The van der Waals surface area contributed by atoms with Crippen molar-refractivity contribution in [3.8, 4) is 11.4 Å². The number of aryl methyl sites for hydroxylation is 2. The summed E-state index contributed by atoms with van der Waals surface area (Å²) in [5.74, 6) is 0.877. The minimum Gasteiger partial charge on any atom is -0.452 e. The van der Waals surface area contributed by atoms with Gasteiger partial charge in [-0.05, 0) is 38.0 Å². The van der Waals surface area contributed by atoms with Crippen molar-refractivity contribution in [3.63, 3.8) is 0 Å². The first-order valence-corrected chi connectivity index (χ1v) is 10.7. The number of carbonyl (C=O) groups excluding carboxylic acids is 1. The summed E-state index contributed by atoms with van der Waals surface area (Å²) >= 11 is 0. The van der Waals surface area contributed by atoms with Gasteiger partial charge in [0.2, 0.25) is 5.82 Å². The van der Waals surface area contributed by atoms with E-state index in [1.165, 1.54) is 0 Å². The van der Waals surface area contributed by atoms with E-state index in [-0.39, 0.29) is 18.1 Å². The summed E-state index contributed by atoms with van der Waals surface area (Å²) in [7, 11) is 0. The minimum absolute atomic E-state index is 0.0543. The average Bonchev–Trinajstić information content (AvgIpc) is 3.15. The summed E-state index contributed by atoms with van der Waals surface area (Å²) in [6.45, 7) is 2.55. The summed E-state index contributed by atoms with van der Waals surface area (Å²) < 4.78 is 12.3. The summed E-state index contributed by atoms with van der Waals surface area (Å²) in [5, 5.41) is 4.45. The Hall–Kier alpha value is -3.81. The summed E-state index contributed by atoms with van der Waals surface area (Å²) in [6, 6.07) is 12.6. The van der Waals surface area contributed by atoms with Crippen LogP contribution in [-0.2, 0) is 24.3 Å². The van der Waals surface area contributed by atoms with Gasteiger partial charge >= 0.3 is 5.97 Å². The smallest absolute Gasteiger partial charge is 0.338 e. The fourth-order valence-corrected chi connectivity index (χ4v) is 3.89. The number of aromatic nitrogens is 4. The third-order valence-corrected chi connectivity index (χ3v) is 5.66. The number of esters is 1. The molecular formula is C24H22N4O4. The molecule has 2 aromatic carbocycles. The van der Waals surface area contributed by atoms with E-state index in [1.54, 1.807) is 22.8 Å². The molecule has 0 N–H and O–H groups in total. The van der Waals surface area contributed by atoms with Gasteiger partial charge in [0, 0.05) is 18.5 Å². The van der Waals surface area contributed by atoms with Gasteiger partial charge in [-0.2, -0.15) is 4.98 Å². The van der Waals surface area contributed by atoms with Crippen molar-refractivity contribution in [1.82, 2.24) is 19.7 Å². The molecule has 0 atom stereocenters. The highest BCUT2D eigenvalue weighted by Crippen LogP contribution is 2.19. The molecule has 3 heterocycles. The normalized spacial score (nSPS) is 13.5. The van der Waals surface area contributed by atoms with Gasteiger partial charge in [-0.25, -0.2) is 9.78 Å². The number of nitrogens with zero attached hydrogens (tertiary/aromatic N) is 4. The first kappa shape index (κ1) is 20.1. The molecule has 0 unspecified atom stereocenters. The maximum atomic E-state index is 12.8. The summed E-state index contributed by atoms with van der Waals surface area (Å²) in [6.07, 6.45) is 3.83. The number of rotatable bonds is 4. The molecule has 5 rings (SSSR count). The number of carbonyl (C=O) groups is 1. The Morgan fingerprint density at radius 1 is 1.09 bits per heavy atom. The fraction of sp³-hybridized carbons (Fsp3) is 0.292. The predicted molar refractivity (Wildman–Crippen MR) is 117 cm³/mol. The standard InChI is InChI=1S/C24H22N4O4/c1-15-6-8-16(9-7-15)22-26-21(32-27-22)14-31-24(30)17-10-11-18-19(13-17)25-20-5-3-2-4-12-28(20)23(18)29/h6-11,13H,2-5,12,14H2,1H3. The molecule has 1 aliphatic heterocycles. The molecule has 8 heteroatoms. The first-order valence-electron chi connectivity index (χ1n) is 10.7. The topological polar surface area (TPSA) is 100 Å². The zero-order valence-corrected chi connectivity index (χ0v) is 17.7. The largest absolute Gasteiger partial charge is 0.452 e. The van der Waals surface area contributed by atoms with Gasteiger partial charge < -0.3 is 9.26 Å². The molecule has 0 radical (unpaired) electrons. The molecule has 0 saturated heterocycles. The van der Waals surface area contributed by atoms with E-state index in [0.29, 0.717) is 28.8 Å². The number of hydrogen-bond donors (Lipinski definition) is 0. The lowest BCUT2D eigenvalue weighted by atomic mass is 10.1. The second-order valence-electron chi connectivity index (χ2n) is 7.98. The molecule has 162 valence electrons. The molecular weight excluding hydrogens is 408 g/mol. The van der Waals surface area contributed by atoms with Gasteiger partial charge in [0.05, 0.1) is 16.5 Å². The van der Waals surface area contributed by atoms with E-state index < -0.39 is 5.97 Å². The average molecular weight is 430 g/mol. The van der Waals surface area contributed by atoms with E-state index in [1.807, 2.05) is 31.2 Å². The Morgan fingerprint density at radius 3 is 2.78 bits per heavy atom. The Bertz CT molecular complexity index is 1350. The van der Waals surface area contributed by atoms with E-state index >= 15 is 0 Å². The molecule has 1 aliphatic rings. The highest BCUT2D eigenvalue weighted by Gasteiger charge is 2.17. The first-order chi connectivity index (χ1) is 15.6. The maximum Gasteiger partial charge on any atom is 0.338 e. The van der Waals surface area contributed by atoms with Crippen LogP contribution in [0.15, 0.2) is 51.8 Å². The van der Waals surface area contributed by atoms with Crippen LogP contribution >= 0.6 is 0 Å². The number of hydrogen-bond acceptors (Lipinski definition) is 7. The van der Waals surface area contributed by atoms with Crippen molar-refractivity contribution >= 4 is 16.9 Å². The van der Waals surface area contributed by atoms with Crippen LogP contribution in [0.1, 0.15) is 46.9 Å². The molecule has 4 aromatic rings. The van der Waals surface area contributed by atoms with Crippen molar-refractivity contribution < 1.29 is 14.1 Å². The SMILES string of the molecule is Cc1ccc(-c2noc(COC(=O)c3ccc4c(=O)n5c(nc4c3)CCCCC5)n2)cc1. The highest BCUT2D eigenvalue weighted by molar-refractivity contribution is 5.94. The number of ether oxygens (including phenoxy) is 1. The molecule has 8 nitrogen and oxygen atoms in total. The van der Waals surface area contributed by atoms with Crippen LogP contribution in [0.4, 0.5) is 0 Å². The van der Waals surface area contributed by atoms with E-state index in [0.717, 1.165) is 42.6 Å². The second kappa shape index (κ2) is 8.37. The third-order valence-electron chi connectivity index (χ3n) is 5.66. The lowest BCUT2D eigenvalue weighted by Gasteiger charge is -2.10. The zero-order chi connectivity index (χ0) is 22.1. The third kappa shape index (κ3) is 3.91. The van der Waals surface area contributed by atoms with Gasteiger partial charge in [0.15, 0.2) is 6.61 Å². The van der Waals surface area contributed by atoms with Crippen molar-refractivity contribution in [3.05, 3.63) is 75.7 Å². The lowest BCUT2D eigenvalue weighted by Crippen LogP contribution is -2.24. The van der Waals surface area contributed by atoms with Gasteiger partial charge in [0.1, 0.15) is 5.82 Å². The van der Waals surface area contributed by atoms with Crippen LogP contribution < -0.4 is 5.56 Å². The van der Waals surface area contributed by atoms with Crippen molar-refractivity contribution in [1.29, 1.82) is 0 Å². The van der Waals surface area contributed by atoms with Crippen molar-refractivity contribution in [2.24, 2.45) is 0 Å². The molecule has 2 aromatic heterocycles. The Kier molecular flexibility index (Phi) is 5.26. The molecule has 0 amide bonds. The van der Waals surface area contributed by atoms with Crippen molar-refractivity contribution in [2.45, 2.75) is 45.8 Å². The number of benzene rings is 2. The van der Waals surface area contributed by atoms with Crippen LogP contribution in [-0.4, -0.2) is 25.7 Å². The Balaban J connectivity index is 1.33. The molecule has 0 fully saturated rings. The van der Waals surface area contributed by atoms with Crippen LogP contribution in [0.25, 0.3) is 22.3 Å². The van der Waals surface area contributed by atoms with E-state index in [4.69, 9.17) is 9.26 Å². The quantitative estimate of drug-likeness (QED) is 0.454. The summed E-state index contributed by atoms with van der Waals surface area (Å²) in [4.78, 5) is 34.4. The molecule has 0 bridgehead atoms. The predicted octanol–water partition coefficient (Wildman–Crippen LogP) is 3.84. The second-order valence-corrected chi connectivity index (χ2v) is 7.98. The van der Waals surface area contributed by atoms with Crippen molar-refractivity contribution in [2.75, 3.05) is 0 Å². The Morgan fingerprint density at radius 2 is 1.94 bits per heavy atom. The zero-order valence-electron chi connectivity index (χ0n) is 17.7.